The highest BCUT2D eigenvalue weighted by Gasteiger charge is 2.19. The normalized spacial score (nSPS) is 9.19. The molecule has 0 radical (unpaired) electrons. The van der Waals surface area contributed by atoms with Gasteiger partial charge in [-0.25, -0.2) is 0 Å². The molecule has 0 aliphatic carbocycles. The van der Waals surface area contributed by atoms with E-state index in [1.54, 1.807) is 0 Å². The summed E-state index contributed by atoms with van der Waals surface area (Å²) in [5.41, 5.74) is 5.67. The molecule has 0 atom stereocenters. The number of nitrogens with two attached hydrogens (primary N) is 1. The van der Waals surface area contributed by atoms with Crippen LogP contribution in [0.2, 0.25) is 0 Å². The van der Waals surface area contributed by atoms with Gasteiger partial charge in [0.1, 0.15) is 22.7 Å². The van der Waals surface area contributed by atoms with Crippen LogP contribution in [0.4, 0.5) is 5.69 Å². The molecule has 1 rings (SSSR count). The molecule has 0 spiro atoms. The van der Waals surface area contributed by atoms with Crippen LogP contribution in [0.3, 0.4) is 0 Å². The monoisotopic (exact) mass is 247 g/mol. The number of carbonyl (C=O) groups is 1. The molecule has 0 bridgehead atoms. The SMILES string of the molecule is COc1cc(OC)c(C(C)=O)c(O)c1N.Cl. The first kappa shape index (κ1) is 14.4. The van der Waals surface area contributed by atoms with E-state index in [2.05, 4.69) is 0 Å². The predicted molar refractivity (Wildman–Crippen MR) is 62.9 cm³/mol. The Morgan fingerprint density at radius 3 is 2.19 bits per heavy atom. The highest BCUT2D eigenvalue weighted by molar-refractivity contribution is 6.02. The van der Waals surface area contributed by atoms with Gasteiger partial charge in [0, 0.05) is 6.07 Å². The number of ketones is 1. The summed E-state index contributed by atoms with van der Waals surface area (Å²) in [6, 6.07) is 1.46. The largest absolute Gasteiger partial charge is 0.505 e. The van der Waals surface area contributed by atoms with E-state index >= 15 is 0 Å². The summed E-state index contributed by atoms with van der Waals surface area (Å²) in [5.74, 6) is -0.113. The van der Waals surface area contributed by atoms with Gasteiger partial charge in [0.25, 0.3) is 0 Å². The number of carbonyl (C=O) groups excluding carboxylic acids is 1. The average Bonchev–Trinajstić information content (AvgIpc) is 2.20. The Hall–Kier alpha value is -1.62. The summed E-state index contributed by atoms with van der Waals surface area (Å²) >= 11 is 0. The number of aromatic hydroxyl groups is 1. The van der Waals surface area contributed by atoms with E-state index in [4.69, 9.17) is 15.2 Å². The third kappa shape index (κ3) is 2.30. The van der Waals surface area contributed by atoms with Gasteiger partial charge < -0.3 is 20.3 Å². The topological polar surface area (TPSA) is 81.8 Å². The van der Waals surface area contributed by atoms with Crippen LogP contribution in [0.15, 0.2) is 6.07 Å². The Morgan fingerprint density at radius 1 is 1.31 bits per heavy atom. The van der Waals surface area contributed by atoms with Gasteiger partial charge in [0.2, 0.25) is 0 Å². The van der Waals surface area contributed by atoms with Gasteiger partial charge >= 0.3 is 0 Å². The van der Waals surface area contributed by atoms with Gasteiger partial charge in [-0.3, -0.25) is 4.79 Å². The Kier molecular flexibility index (Phi) is 4.91. The van der Waals surface area contributed by atoms with Crippen molar-refractivity contribution in [3.8, 4) is 17.2 Å². The number of methoxy groups -OCH3 is 2. The minimum absolute atomic E-state index is 0. The van der Waals surface area contributed by atoms with Crippen molar-refractivity contribution in [2.24, 2.45) is 0 Å². The number of benzene rings is 1. The molecule has 16 heavy (non-hydrogen) atoms. The number of rotatable bonds is 3. The molecule has 1 aromatic carbocycles. The number of ether oxygens (including phenoxy) is 2. The molecule has 5 nitrogen and oxygen atoms in total. The van der Waals surface area contributed by atoms with Crippen LogP contribution in [0, 0.1) is 0 Å². The Balaban J connectivity index is 0.00000225. The summed E-state index contributed by atoms with van der Waals surface area (Å²) in [5, 5.41) is 9.69. The van der Waals surface area contributed by atoms with Gasteiger partial charge in [0.05, 0.1) is 14.2 Å². The number of hydrogen-bond donors (Lipinski definition) is 2. The molecule has 3 N–H and O–H groups in total. The molecule has 90 valence electrons. The fraction of sp³-hybridized carbons (Fsp3) is 0.300. The van der Waals surface area contributed by atoms with E-state index in [1.807, 2.05) is 0 Å². The van der Waals surface area contributed by atoms with E-state index in [-0.39, 0.29) is 46.7 Å². The van der Waals surface area contributed by atoms with Crippen molar-refractivity contribution >= 4 is 23.9 Å². The molecule has 6 heteroatoms. The molecule has 0 saturated carbocycles. The smallest absolute Gasteiger partial charge is 0.167 e. The molecule has 0 unspecified atom stereocenters. The highest BCUT2D eigenvalue weighted by Crippen LogP contribution is 2.40. The third-order valence-corrected chi connectivity index (χ3v) is 2.06. The molecule has 0 saturated heterocycles. The maximum Gasteiger partial charge on any atom is 0.167 e. The van der Waals surface area contributed by atoms with Gasteiger partial charge in [-0.1, -0.05) is 0 Å². The average molecular weight is 248 g/mol. The number of anilines is 1. The number of Topliss-reactive ketones (excluding diaryl/α,β-unsaturated/α-hetero) is 1. The second kappa shape index (κ2) is 5.46. The van der Waals surface area contributed by atoms with Crippen LogP contribution >= 0.6 is 12.4 Å². The number of halogens is 1. The summed E-state index contributed by atoms with van der Waals surface area (Å²) in [7, 11) is 2.81. The van der Waals surface area contributed by atoms with E-state index < -0.39 is 0 Å². The zero-order valence-electron chi connectivity index (χ0n) is 9.23. The van der Waals surface area contributed by atoms with Crippen LogP contribution in [0.1, 0.15) is 17.3 Å². The van der Waals surface area contributed by atoms with E-state index in [9.17, 15) is 9.90 Å². The zero-order valence-corrected chi connectivity index (χ0v) is 10.1. The number of phenolic OH excluding ortho intramolecular Hbond substituents is 1. The lowest BCUT2D eigenvalue weighted by Crippen LogP contribution is -2.02. The summed E-state index contributed by atoms with van der Waals surface area (Å²) < 4.78 is 9.90. The van der Waals surface area contributed by atoms with Crippen molar-refractivity contribution in [1.82, 2.24) is 0 Å². The quantitative estimate of drug-likeness (QED) is 0.482. The first-order valence-electron chi connectivity index (χ1n) is 4.27. The fourth-order valence-corrected chi connectivity index (χ4v) is 1.31. The van der Waals surface area contributed by atoms with Crippen LogP contribution in [-0.2, 0) is 0 Å². The summed E-state index contributed by atoms with van der Waals surface area (Å²) in [6.07, 6.45) is 0. The lowest BCUT2D eigenvalue weighted by atomic mass is 10.1. The number of nitrogen functional groups attached to an aromatic ring is 1. The first-order chi connectivity index (χ1) is 7.02. The summed E-state index contributed by atoms with van der Waals surface area (Å²) in [6.45, 7) is 1.32. The molecule has 0 amide bonds. The maximum atomic E-state index is 11.3. The molecule has 0 aromatic heterocycles. The van der Waals surface area contributed by atoms with Crippen molar-refractivity contribution in [2.45, 2.75) is 6.92 Å². The Labute approximate surface area is 99.6 Å². The van der Waals surface area contributed by atoms with E-state index in [0.29, 0.717) is 0 Å². The Morgan fingerprint density at radius 2 is 1.81 bits per heavy atom. The van der Waals surface area contributed by atoms with Crippen LogP contribution in [0.25, 0.3) is 0 Å². The Bertz CT molecular complexity index is 406. The lowest BCUT2D eigenvalue weighted by molar-refractivity contribution is 0.101. The minimum atomic E-state index is -0.321. The summed E-state index contributed by atoms with van der Waals surface area (Å²) in [4.78, 5) is 11.3. The number of phenols is 1. The second-order valence-corrected chi connectivity index (χ2v) is 2.97. The van der Waals surface area contributed by atoms with Gasteiger partial charge in [0.15, 0.2) is 11.5 Å². The van der Waals surface area contributed by atoms with Crippen molar-refractivity contribution in [2.75, 3.05) is 20.0 Å². The first-order valence-corrected chi connectivity index (χ1v) is 4.27. The van der Waals surface area contributed by atoms with Gasteiger partial charge in [-0.15, -0.1) is 12.4 Å². The molecule has 1 aromatic rings. The van der Waals surface area contributed by atoms with Crippen LogP contribution in [0.5, 0.6) is 17.2 Å². The molecular formula is C10H14ClNO4. The van der Waals surface area contributed by atoms with Crippen LogP contribution in [-0.4, -0.2) is 25.1 Å². The van der Waals surface area contributed by atoms with Gasteiger partial charge in [-0.2, -0.15) is 0 Å². The second-order valence-electron chi connectivity index (χ2n) is 2.97. The predicted octanol–water partition coefficient (Wildman–Crippen LogP) is 1.62. The van der Waals surface area contributed by atoms with E-state index in [1.165, 1.54) is 27.2 Å². The fourth-order valence-electron chi connectivity index (χ4n) is 1.31. The van der Waals surface area contributed by atoms with Gasteiger partial charge in [-0.05, 0) is 6.92 Å². The molecule has 0 fully saturated rings. The van der Waals surface area contributed by atoms with Crippen molar-refractivity contribution in [3.05, 3.63) is 11.6 Å². The van der Waals surface area contributed by atoms with Crippen molar-refractivity contribution in [1.29, 1.82) is 0 Å². The van der Waals surface area contributed by atoms with Crippen LogP contribution < -0.4 is 15.2 Å². The third-order valence-electron chi connectivity index (χ3n) is 2.06. The maximum absolute atomic E-state index is 11.3. The zero-order chi connectivity index (χ0) is 11.6. The lowest BCUT2D eigenvalue weighted by Gasteiger charge is -2.13. The van der Waals surface area contributed by atoms with E-state index in [0.717, 1.165) is 0 Å². The molecule has 0 aliphatic heterocycles. The minimum Gasteiger partial charge on any atom is -0.505 e. The molecular weight excluding hydrogens is 234 g/mol. The standard InChI is InChI=1S/C10H13NO4.ClH/c1-5(12)8-6(14-2)4-7(15-3)9(11)10(8)13;/h4,13H,11H2,1-3H3;1H. The molecule has 0 heterocycles. The molecule has 0 aliphatic rings. The van der Waals surface area contributed by atoms with Crippen molar-refractivity contribution in [3.63, 3.8) is 0 Å². The van der Waals surface area contributed by atoms with Crippen molar-refractivity contribution < 1.29 is 19.4 Å². The highest BCUT2D eigenvalue weighted by atomic mass is 35.5. The number of hydrogen-bond acceptors (Lipinski definition) is 5.